The molecule has 2 rings (SSSR count). The molecular weight excluding hydrogens is 208 g/mol. The van der Waals surface area contributed by atoms with Crippen molar-refractivity contribution in [1.82, 2.24) is 5.48 Å². The fourth-order valence-corrected chi connectivity index (χ4v) is 1.46. The first-order chi connectivity index (χ1) is 7.40. The molecule has 0 bridgehead atoms. The lowest BCUT2D eigenvalue weighted by Crippen LogP contribution is -2.14. The minimum Gasteiger partial charge on any atom is -0.267 e. The van der Waals surface area contributed by atoms with Gasteiger partial charge < -0.3 is 0 Å². The molecule has 0 saturated carbocycles. The molecule has 1 heterocycles. The second kappa shape index (κ2) is 4.84. The summed E-state index contributed by atoms with van der Waals surface area (Å²) in [5.41, 5.74) is 4.95. The van der Waals surface area contributed by atoms with Gasteiger partial charge >= 0.3 is 0 Å². The fourth-order valence-electron chi connectivity index (χ4n) is 1.38. The van der Waals surface area contributed by atoms with Gasteiger partial charge in [-0.2, -0.15) is 0 Å². The van der Waals surface area contributed by atoms with Gasteiger partial charge in [-0.05, 0) is 23.9 Å². The first-order valence-electron chi connectivity index (χ1n) is 4.62. The molecule has 1 aliphatic rings. The van der Waals surface area contributed by atoms with Crippen LogP contribution in [0.1, 0.15) is 5.56 Å². The highest BCUT2D eigenvalue weighted by Gasteiger charge is 2.16. The molecule has 1 aromatic rings. The summed E-state index contributed by atoms with van der Waals surface area (Å²) in [5.74, 6) is 0. The third-order valence-corrected chi connectivity index (χ3v) is 2.22. The van der Waals surface area contributed by atoms with Crippen LogP contribution in [0.4, 0.5) is 0 Å². The predicted octanol–water partition coefficient (Wildman–Crippen LogP) is 2.03. The molecule has 0 aliphatic carbocycles. The van der Waals surface area contributed by atoms with Crippen LogP contribution >= 0.6 is 12.2 Å². The first-order valence-corrected chi connectivity index (χ1v) is 5.03. The number of hydroxylamine groups is 1. The first kappa shape index (κ1) is 10.1. The van der Waals surface area contributed by atoms with Gasteiger partial charge in [0.05, 0.1) is 17.4 Å². The van der Waals surface area contributed by atoms with E-state index in [1.165, 1.54) is 0 Å². The monoisotopic (exact) mass is 218 g/mol. The van der Waals surface area contributed by atoms with Crippen LogP contribution in [0.5, 0.6) is 0 Å². The van der Waals surface area contributed by atoms with Gasteiger partial charge in [-0.15, -0.1) is 0 Å². The number of aliphatic imine (C=N–C) groups is 1. The van der Waals surface area contributed by atoms with Crippen LogP contribution in [0.15, 0.2) is 41.4 Å². The molecule has 0 radical (unpaired) electrons. The molecule has 76 valence electrons. The summed E-state index contributed by atoms with van der Waals surface area (Å²) in [5, 5.41) is 2.32. The summed E-state index contributed by atoms with van der Waals surface area (Å²) >= 11 is 4.50. The van der Waals surface area contributed by atoms with Crippen LogP contribution in [0.2, 0.25) is 0 Å². The van der Waals surface area contributed by atoms with Crippen molar-refractivity contribution in [1.29, 1.82) is 0 Å². The molecule has 1 unspecified atom stereocenters. The van der Waals surface area contributed by atoms with E-state index in [0.717, 1.165) is 11.3 Å². The van der Waals surface area contributed by atoms with Gasteiger partial charge in [0, 0.05) is 0 Å². The number of benzene rings is 1. The topological polar surface area (TPSA) is 33.6 Å². The van der Waals surface area contributed by atoms with Gasteiger partial charge in [0.15, 0.2) is 0 Å². The minimum atomic E-state index is -0.0596. The lowest BCUT2D eigenvalue weighted by Gasteiger charge is -2.03. The van der Waals surface area contributed by atoms with Crippen molar-refractivity contribution >= 4 is 23.1 Å². The van der Waals surface area contributed by atoms with Crippen LogP contribution in [0.25, 0.3) is 5.70 Å². The molecule has 1 aliphatic heterocycles. The van der Waals surface area contributed by atoms with Crippen molar-refractivity contribution in [2.75, 3.05) is 6.54 Å². The molecule has 15 heavy (non-hydrogen) atoms. The second-order valence-corrected chi connectivity index (χ2v) is 3.32. The summed E-state index contributed by atoms with van der Waals surface area (Å²) in [7, 11) is 0. The number of nitrogens with zero attached hydrogens (tertiary/aromatic N) is 1. The number of hydrogen-bond donors (Lipinski definition) is 1. The quantitative estimate of drug-likeness (QED) is 0.622. The predicted molar refractivity (Wildman–Crippen MR) is 62.3 cm³/mol. The van der Waals surface area contributed by atoms with Crippen LogP contribution in [-0.2, 0) is 4.84 Å². The third kappa shape index (κ3) is 2.50. The Hall–Kier alpha value is -1.48. The van der Waals surface area contributed by atoms with E-state index in [1.54, 1.807) is 0 Å². The van der Waals surface area contributed by atoms with Crippen LogP contribution in [-0.4, -0.2) is 17.8 Å². The molecule has 0 spiro atoms. The zero-order valence-corrected chi connectivity index (χ0v) is 8.83. The lowest BCUT2D eigenvalue weighted by atomic mass is 10.1. The van der Waals surface area contributed by atoms with E-state index < -0.39 is 0 Å². The molecule has 4 heteroatoms. The van der Waals surface area contributed by atoms with Crippen molar-refractivity contribution in [3.8, 4) is 0 Å². The summed E-state index contributed by atoms with van der Waals surface area (Å²) in [4.78, 5) is 9.14. The zero-order valence-electron chi connectivity index (χ0n) is 8.01. The number of hydrogen-bond acceptors (Lipinski definition) is 4. The van der Waals surface area contributed by atoms with Crippen molar-refractivity contribution in [2.24, 2.45) is 4.99 Å². The van der Waals surface area contributed by atoms with Gasteiger partial charge in [0.1, 0.15) is 6.10 Å². The highest BCUT2D eigenvalue weighted by molar-refractivity contribution is 7.78. The maximum atomic E-state index is 5.30. The van der Waals surface area contributed by atoms with Crippen molar-refractivity contribution < 1.29 is 4.84 Å². The highest BCUT2D eigenvalue weighted by Crippen LogP contribution is 2.17. The van der Waals surface area contributed by atoms with Gasteiger partial charge in [0.2, 0.25) is 0 Å². The van der Waals surface area contributed by atoms with Gasteiger partial charge in [0.25, 0.3) is 0 Å². The normalized spacial score (nSPS) is 18.9. The van der Waals surface area contributed by atoms with Crippen LogP contribution < -0.4 is 5.48 Å². The lowest BCUT2D eigenvalue weighted by molar-refractivity contribution is 0.0571. The van der Waals surface area contributed by atoms with Crippen LogP contribution in [0.3, 0.4) is 0 Å². The Bertz CT molecular complexity index is 410. The van der Waals surface area contributed by atoms with Crippen molar-refractivity contribution in [3.63, 3.8) is 0 Å². The van der Waals surface area contributed by atoms with E-state index in [0.29, 0.717) is 6.54 Å². The van der Waals surface area contributed by atoms with Crippen molar-refractivity contribution in [3.05, 3.63) is 42.0 Å². The van der Waals surface area contributed by atoms with Gasteiger partial charge in [-0.1, -0.05) is 30.3 Å². The van der Waals surface area contributed by atoms with E-state index in [1.807, 2.05) is 36.4 Å². The fraction of sp³-hybridized carbons (Fsp3) is 0.182. The largest absolute Gasteiger partial charge is 0.267 e. The Balaban J connectivity index is 2.09. The summed E-state index contributed by atoms with van der Waals surface area (Å²) in [6.45, 7) is 0.507. The molecular formula is C11H10N2OS. The maximum absolute atomic E-state index is 5.30. The standard InChI is InChI=1S/C11H10N2OS/c15-8-12-7-10-6-11(13-14-10)9-4-2-1-3-5-9/h1-6,10,13H,7H2. The smallest absolute Gasteiger partial charge is 0.126 e. The van der Waals surface area contributed by atoms with Gasteiger partial charge in [-0.3, -0.25) is 10.3 Å². The Labute approximate surface area is 93.4 Å². The van der Waals surface area contributed by atoms with E-state index in [2.05, 4.69) is 27.9 Å². The molecule has 1 aromatic carbocycles. The SMILES string of the molecule is S=C=NCC1C=C(c2ccccc2)NO1. The molecule has 1 N–H and O–H groups in total. The highest BCUT2D eigenvalue weighted by atomic mass is 32.1. The third-order valence-electron chi connectivity index (χ3n) is 2.09. The summed E-state index contributed by atoms with van der Waals surface area (Å²) in [6, 6.07) is 9.99. The zero-order chi connectivity index (χ0) is 10.5. The summed E-state index contributed by atoms with van der Waals surface area (Å²) < 4.78 is 0. The molecule has 3 nitrogen and oxygen atoms in total. The van der Waals surface area contributed by atoms with Gasteiger partial charge in [-0.25, -0.2) is 4.99 Å². The van der Waals surface area contributed by atoms with Crippen molar-refractivity contribution in [2.45, 2.75) is 6.10 Å². The van der Waals surface area contributed by atoms with E-state index in [9.17, 15) is 0 Å². The number of isothiocyanates is 1. The Morgan fingerprint density at radius 1 is 1.40 bits per heavy atom. The second-order valence-electron chi connectivity index (χ2n) is 3.14. The van der Waals surface area contributed by atoms with E-state index in [-0.39, 0.29) is 6.10 Å². The van der Waals surface area contributed by atoms with Crippen LogP contribution in [0, 0.1) is 0 Å². The summed E-state index contributed by atoms with van der Waals surface area (Å²) in [6.07, 6.45) is 1.93. The Kier molecular flexibility index (Phi) is 3.25. The average Bonchev–Trinajstić information content (AvgIpc) is 2.76. The Morgan fingerprint density at radius 3 is 2.93 bits per heavy atom. The number of rotatable bonds is 3. The Morgan fingerprint density at radius 2 is 2.20 bits per heavy atom. The number of nitrogens with one attached hydrogen (secondary N) is 1. The molecule has 0 fully saturated rings. The maximum Gasteiger partial charge on any atom is 0.126 e. The minimum absolute atomic E-state index is 0.0596. The van der Waals surface area contributed by atoms with E-state index in [4.69, 9.17) is 4.84 Å². The molecule has 1 atom stereocenters. The molecule has 0 saturated heterocycles. The molecule has 0 amide bonds. The average molecular weight is 218 g/mol. The number of thiocarbonyl (C=S) groups is 1. The van der Waals surface area contributed by atoms with E-state index >= 15 is 0 Å². The molecule has 0 aromatic heterocycles.